The van der Waals surface area contributed by atoms with Crippen LogP contribution in [0.15, 0.2) is 6.20 Å². The molecule has 1 heterocycles. The minimum Gasteiger partial charge on any atom is -0.493 e. The summed E-state index contributed by atoms with van der Waals surface area (Å²) < 4.78 is 0. The lowest BCUT2D eigenvalue weighted by molar-refractivity contribution is 0.233. The average molecular weight is 168 g/mol. The zero-order chi connectivity index (χ0) is 9.14. The van der Waals surface area contributed by atoms with Gasteiger partial charge in [-0.15, -0.1) is 0 Å². The summed E-state index contributed by atoms with van der Waals surface area (Å²) in [4.78, 5) is 7.34. The zero-order valence-corrected chi connectivity index (χ0v) is 6.37. The summed E-state index contributed by atoms with van der Waals surface area (Å²) >= 11 is 0. The maximum atomic E-state index is 9.15. The molecule has 0 unspecified atom stereocenters. The van der Waals surface area contributed by atoms with Gasteiger partial charge in [-0.2, -0.15) is 4.98 Å². The third-order valence-electron chi connectivity index (χ3n) is 1.27. The topological polar surface area (TPSA) is 102 Å². The van der Waals surface area contributed by atoms with Crippen LogP contribution in [0.2, 0.25) is 0 Å². The van der Waals surface area contributed by atoms with E-state index in [1.807, 2.05) is 0 Å². The number of aromatic hydroxyl groups is 1. The molecule has 0 amide bonds. The predicted molar refractivity (Wildman–Crippen MR) is 40.2 cm³/mol. The molecule has 0 bridgehead atoms. The molecule has 0 fully saturated rings. The van der Waals surface area contributed by atoms with Gasteiger partial charge in [0.1, 0.15) is 5.82 Å². The van der Waals surface area contributed by atoms with Crippen molar-refractivity contribution in [3.63, 3.8) is 0 Å². The van der Waals surface area contributed by atoms with Crippen molar-refractivity contribution in [1.29, 1.82) is 5.41 Å². The fourth-order valence-electron chi connectivity index (χ4n) is 0.695. The van der Waals surface area contributed by atoms with Crippen LogP contribution in [-0.4, -0.2) is 26.1 Å². The van der Waals surface area contributed by atoms with Crippen LogP contribution in [-0.2, 0) is 0 Å². The lowest BCUT2D eigenvalue weighted by Gasteiger charge is -2.02. The molecule has 64 valence electrons. The lowest BCUT2D eigenvalue weighted by Crippen LogP contribution is -2.19. The van der Waals surface area contributed by atoms with Gasteiger partial charge in [0.05, 0.1) is 5.56 Å². The monoisotopic (exact) mass is 168 g/mol. The number of hydroxylamine groups is 1. The van der Waals surface area contributed by atoms with E-state index in [0.717, 1.165) is 0 Å². The summed E-state index contributed by atoms with van der Waals surface area (Å²) in [5.41, 5.74) is 1.64. The van der Waals surface area contributed by atoms with E-state index in [0.29, 0.717) is 5.82 Å². The van der Waals surface area contributed by atoms with Gasteiger partial charge in [0.25, 0.3) is 0 Å². The highest BCUT2D eigenvalue weighted by Crippen LogP contribution is 2.10. The largest absolute Gasteiger partial charge is 0.493 e. The third kappa shape index (κ3) is 1.48. The summed E-state index contributed by atoms with van der Waals surface area (Å²) in [5, 5.41) is 24.6. The first-order chi connectivity index (χ1) is 5.65. The highest BCUT2D eigenvalue weighted by atomic mass is 16.5. The first-order valence-corrected chi connectivity index (χ1v) is 3.16. The first kappa shape index (κ1) is 8.41. The number of nitrogens with one attached hydrogen (secondary N) is 2. The SMILES string of the molecule is Cc1ncc(C(=N)NO)c(O)n1. The van der Waals surface area contributed by atoms with Crippen LogP contribution >= 0.6 is 0 Å². The Morgan fingerprint density at radius 3 is 2.83 bits per heavy atom. The Kier molecular flexibility index (Phi) is 2.20. The highest BCUT2D eigenvalue weighted by Gasteiger charge is 2.07. The number of hydrogen-bond donors (Lipinski definition) is 4. The van der Waals surface area contributed by atoms with E-state index in [9.17, 15) is 0 Å². The molecule has 1 rings (SSSR count). The molecule has 6 nitrogen and oxygen atoms in total. The van der Waals surface area contributed by atoms with Gasteiger partial charge in [-0.05, 0) is 6.92 Å². The summed E-state index contributed by atoms with van der Waals surface area (Å²) in [5.74, 6) is -0.261. The normalized spacial score (nSPS) is 9.50. The highest BCUT2D eigenvalue weighted by molar-refractivity contribution is 5.97. The zero-order valence-electron chi connectivity index (χ0n) is 6.37. The molecule has 0 aliphatic carbocycles. The fourth-order valence-corrected chi connectivity index (χ4v) is 0.695. The molecule has 0 saturated carbocycles. The van der Waals surface area contributed by atoms with E-state index in [1.54, 1.807) is 12.4 Å². The number of nitrogens with zero attached hydrogens (tertiary/aromatic N) is 2. The molecule has 4 N–H and O–H groups in total. The van der Waals surface area contributed by atoms with Gasteiger partial charge >= 0.3 is 0 Å². The molecule has 0 spiro atoms. The molecule has 0 saturated heterocycles. The molecule has 6 heteroatoms. The number of rotatable bonds is 1. The van der Waals surface area contributed by atoms with Gasteiger partial charge in [0, 0.05) is 6.20 Å². The van der Waals surface area contributed by atoms with Crippen LogP contribution in [0.1, 0.15) is 11.4 Å². The molecular weight excluding hydrogens is 160 g/mol. The number of hydrogen-bond acceptors (Lipinski definition) is 5. The third-order valence-corrected chi connectivity index (χ3v) is 1.27. The van der Waals surface area contributed by atoms with Crippen molar-refractivity contribution in [2.75, 3.05) is 0 Å². The molecule has 0 aliphatic heterocycles. The smallest absolute Gasteiger partial charge is 0.225 e. The molecular formula is C6H8N4O2. The molecule has 1 aromatic rings. The van der Waals surface area contributed by atoms with Crippen molar-refractivity contribution in [1.82, 2.24) is 15.4 Å². The van der Waals surface area contributed by atoms with Gasteiger partial charge < -0.3 is 5.11 Å². The Balaban J connectivity index is 3.09. The molecule has 1 aromatic heterocycles. The second-order valence-electron chi connectivity index (χ2n) is 2.14. The van der Waals surface area contributed by atoms with E-state index in [2.05, 4.69) is 9.97 Å². The summed E-state index contributed by atoms with van der Waals surface area (Å²) in [6, 6.07) is 0. The van der Waals surface area contributed by atoms with E-state index in [-0.39, 0.29) is 17.3 Å². The Bertz CT molecular complexity index is 312. The van der Waals surface area contributed by atoms with Gasteiger partial charge in [-0.3, -0.25) is 16.1 Å². The van der Waals surface area contributed by atoms with Gasteiger partial charge in [-0.1, -0.05) is 0 Å². The van der Waals surface area contributed by atoms with Crippen molar-refractivity contribution in [3.05, 3.63) is 17.6 Å². The molecule has 0 aromatic carbocycles. The number of aryl methyl sites for hydroxylation is 1. The summed E-state index contributed by atoms with van der Waals surface area (Å²) in [6.07, 6.45) is 1.25. The fraction of sp³-hybridized carbons (Fsp3) is 0.167. The maximum Gasteiger partial charge on any atom is 0.225 e. The van der Waals surface area contributed by atoms with Crippen LogP contribution in [0.3, 0.4) is 0 Å². The van der Waals surface area contributed by atoms with Crippen molar-refractivity contribution in [2.45, 2.75) is 6.92 Å². The van der Waals surface area contributed by atoms with Crippen molar-refractivity contribution in [2.24, 2.45) is 0 Å². The van der Waals surface area contributed by atoms with Crippen molar-refractivity contribution in [3.8, 4) is 5.88 Å². The predicted octanol–water partition coefficient (Wildman–Crippen LogP) is -0.205. The Morgan fingerprint density at radius 2 is 2.33 bits per heavy atom. The number of aromatic nitrogens is 2. The second-order valence-corrected chi connectivity index (χ2v) is 2.14. The summed E-state index contributed by atoms with van der Waals surface area (Å²) in [7, 11) is 0. The molecule has 0 atom stereocenters. The van der Waals surface area contributed by atoms with Crippen molar-refractivity contribution >= 4 is 5.84 Å². The number of amidine groups is 1. The lowest BCUT2D eigenvalue weighted by atomic mass is 10.3. The molecule has 0 radical (unpaired) electrons. The quantitative estimate of drug-likeness (QED) is 0.264. The minimum atomic E-state index is -0.340. The van der Waals surface area contributed by atoms with Crippen LogP contribution in [0.4, 0.5) is 0 Å². The van der Waals surface area contributed by atoms with Gasteiger partial charge in [-0.25, -0.2) is 4.98 Å². The molecule has 0 aliphatic rings. The van der Waals surface area contributed by atoms with E-state index in [1.165, 1.54) is 6.20 Å². The Hall–Kier alpha value is -1.69. The Morgan fingerprint density at radius 1 is 1.67 bits per heavy atom. The Labute approximate surface area is 68.4 Å². The van der Waals surface area contributed by atoms with Gasteiger partial charge in [0.2, 0.25) is 5.88 Å². The van der Waals surface area contributed by atoms with E-state index >= 15 is 0 Å². The first-order valence-electron chi connectivity index (χ1n) is 3.16. The van der Waals surface area contributed by atoms with E-state index < -0.39 is 0 Å². The van der Waals surface area contributed by atoms with Crippen LogP contribution < -0.4 is 5.48 Å². The average Bonchev–Trinajstić information content (AvgIpc) is 2.03. The molecule has 12 heavy (non-hydrogen) atoms. The van der Waals surface area contributed by atoms with Gasteiger partial charge in [0.15, 0.2) is 5.84 Å². The van der Waals surface area contributed by atoms with E-state index in [4.69, 9.17) is 15.7 Å². The standard InChI is InChI=1S/C6H8N4O2/c1-3-8-2-4(5(7)10-12)6(11)9-3/h2,12H,1H3,(H2,7,10)(H,8,9,11). The van der Waals surface area contributed by atoms with Crippen LogP contribution in [0, 0.1) is 12.3 Å². The van der Waals surface area contributed by atoms with Crippen molar-refractivity contribution < 1.29 is 10.3 Å². The summed E-state index contributed by atoms with van der Waals surface area (Å²) in [6.45, 7) is 1.61. The maximum absolute atomic E-state index is 9.15. The minimum absolute atomic E-state index is 0.0584. The second kappa shape index (κ2) is 3.14. The van der Waals surface area contributed by atoms with Crippen LogP contribution in [0.25, 0.3) is 0 Å². The van der Waals surface area contributed by atoms with Crippen LogP contribution in [0.5, 0.6) is 5.88 Å².